The first kappa shape index (κ1) is 13.9. The van der Waals surface area contributed by atoms with Crippen LogP contribution in [0.1, 0.15) is 25.0 Å². The summed E-state index contributed by atoms with van der Waals surface area (Å²) in [5.41, 5.74) is 0. The minimum absolute atomic E-state index is 0.166. The second-order valence-corrected chi connectivity index (χ2v) is 5.12. The van der Waals surface area contributed by atoms with Gasteiger partial charge < -0.3 is 19.7 Å². The van der Waals surface area contributed by atoms with Crippen LogP contribution in [-0.4, -0.2) is 42.7 Å². The lowest BCUT2D eigenvalue weighted by Crippen LogP contribution is -2.41. The van der Waals surface area contributed by atoms with Crippen LogP contribution in [0, 0.1) is 5.92 Å². The molecule has 19 heavy (non-hydrogen) atoms. The van der Waals surface area contributed by atoms with E-state index in [1.807, 2.05) is 24.1 Å². The largest absolute Gasteiger partial charge is 0.467 e. The maximum Gasteiger partial charge on any atom is 0.193 e. The first-order chi connectivity index (χ1) is 9.20. The molecular weight excluding hydrogens is 242 g/mol. The second-order valence-electron chi connectivity index (χ2n) is 5.12. The Balaban J connectivity index is 1.82. The van der Waals surface area contributed by atoms with Gasteiger partial charge >= 0.3 is 0 Å². The van der Waals surface area contributed by atoms with E-state index in [0.29, 0.717) is 12.5 Å². The SMILES string of the molecule is CN=C(NCC1CCCC1O)N(C)Cc1ccco1. The number of nitrogens with one attached hydrogen (secondary N) is 1. The normalized spacial score (nSPS) is 23.6. The van der Waals surface area contributed by atoms with Crippen molar-refractivity contribution in [1.82, 2.24) is 10.2 Å². The first-order valence-electron chi connectivity index (χ1n) is 6.83. The summed E-state index contributed by atoms with van der Waals surface area (Å²) in [6.07, 6.45) is 4.64. The number of guanidine groups is 1. The molecule has 5 heteroatoms. The van der Waals surface area contributed by atoms with E-state index in [1.54, 1.807) is 13.3 Å². The summed E-state index contributed by atoms with van der Waals surface area (Å²) in [5.74, 6) is 2.08. The Morgan fingerprint density at radius 1 is 1.58 bits per heavy atom. The van der Waals surface area contributed by atoms with Crippen molar-refractivity contribution in [3.8, 4) is 0 Å². The number of rotatable bonds is 4. The Hall–Kier alpha value is -1.49. The average molecular weight is 265 g/mol. The van der Waals surface area contributed by atoms with Gasteiger partial charge in [-0.1, -0.05) is 6.42 Å². The molecule has 106 valence electrons. The van der Waals surface area contributed by atoms with E-state index in [4.69, 9.17) is 4.42 Å². The molecule has 0 spiro atoms. The topological polar surface area (TPSA) is 61.0 Å². The Labute approximate surface area is 114 Å². The van der Waals surface area contributed by atoms with E-state index < -0.39 is 0 Å². The highest BCUT2D eigenvalue weighted by Gasteiger charge is 2.25. The molecule has 2 atom stereocenters. The van der Waals surface area contributed by atoms with Gasteiger partial charge in [0, 0.05) is 26.6 Å². The standard InChI is InChI=1S/C14H23N3O2/c1-15-14(16-9-11-5-3-7-13(11)18)17(2)10-12-6-4-8-19-12/h4,6,8,11,13,18H,3,5,7,9-10H2,1-2H3,(H,15,16). The molecule has 0 saturated heterocycles. The third kappa shape index (κ3) is 3.73. The lowest BCUT2D eigenvalue weighted by Gasteiger charge is -2.23. The maximum absolute atomic E-state index is 9.81. The minimum Gasteiger partial charge on any atom is -0.467 e. The van der Waals surface area contributed by atoms with Crippen molar-refractivity contribution in [1.29, 1.82) is 0 Å². The molecule has 1 aromatic rings. The van der Waals surface area contributed by atoms with Crippen molar-refractivity contribution in [2.75, 3.05) is 20.6 Å². The van der Waals surface area contributed by atoms with Crippen LogP contribution in [0.3, 0.4) is 0 Å². The Bertz CT molecular complexity index is 403. The molecule has 1 saturated carbocycles. The lowest BCUT2D eigenvalue weighted by molar-refractivity contribution is 0.134. The van der Waals surface area contributed by atoms with E-state index in [1.165, 1.54) is 0 Å². The van der Waals surface area contributed by atoms with Crippen molar-refractivity contribution in [3.63, 3.8) is 0 Å². The predicted octanol–water partition coefficient (Wildman–Crippen LogP) is 1.45. The number of aliphatic imine (C=N–C) groups is 1. The van der Waals surface area contributed by atoms with Crippen molar-refractivity contribution in [2.45, 2.75) is 31.9 Å². The second kappa shape index (κ2) is 6.61. The van der Waals surface area contributed by atoms with E-state index >= 15 is 0 Å². The van der Waals surface area contributed by atoms with E-state index in [-0.39, 0.29) is 6.10 Å². The van der Waals surface area contributed by atoms with Crippen LogP contribution in [-0.2, 0) is 6.54 Å². The first-order valence-corrected chi connectivity index (χ1v) is 6.83. The zero-order valence-corrected chi connectivity index (χ0v) is 11.7. The summed E-state index contributed by atoms with van der Waals surface area (Å²) in [4.78, 5) is 6.28. The van der Waals surface area contributed by atoms with Gasteiger partial charge in [0.1, 0.15) is 5.76 Å². The van der Waals surface area contributed by atoms with Crippen molar-refractivity contribution in [2.24, 2.45) is 10.9 Å². The Morgan fingerprint density at radius 3 is 3.00 bits per heavy atom. The van der Waals surface area contributed by atoms with Gasteiger partial charge in [0.05, 0.1) is 18.9 Å². The molecule has 2 N–H and O–H groups in total. The molecule has 2 rings (SSSR count). The van der Waals surface area contributed by atoms with Crippen LogP contribution >= 0.6 is 0 Å². The molecule has 0 bridgehead atoms. The molecular formula is C14H23N3O2. The van der Waals surface area contributed by atoms with Crippen LogP contribution in [0.15, 0.2) is 27.8 Å². The molecule has 1 fully saturated rings. The highest BCUT2D eigenvalue weighted by atomic mass is 16.3. The quantitative estimate of drug-likeness (QED) is 0.639. The molecule has 1 aliphatic rings. The van der Waals surface area contributed by atoms with Gasteiger partial charge in [0.25, 0.3) is 0 Å². The number of aliphatic hydroxyl groups excluding tert-OH is 1. The van der Waals surface area contributed by atoms with Crippen LogP contribution in [0.4, 0.5) is 0 Å². The van der Waals surface area contributed by atoms with Crippen LogP contribution in [0.25, 0.3) is 0 Å². The summed E-state index contributed by atoms with van der Waals surface area (Å²) < 4.78 is 5.33. The number of aliphatic hydroxyl groups is 1. The van der Waals surface area contributed by atoms with Gasteiger partial charge in [0.2, 0.25) is 0 Å². The summed E-state index contributed by atoms with van der Waals surface area (Å²) in [6.45, 7) is 1.45. The molecule has 0 amide bonds. The van der Waals surface area contributed by atoms with E-state index in [2.05, 4.69) is 10.3 Å². The van der Waals surface area contributed by atoms with Gasteiger partial charge in [0.15, 0.2) is 5.96 Å². The van der Waals surface area contributed by atoms with Gasteiger partial charge in [-0.3, -0.25) is 4.99 Å². The molecule has 0 aromatic carbocycles. The monoisotopic (exact) mass is 265 g/mol. The highest BCUT2D eigenvalue weighted by Crippen LogP contribution is 2.24. The van der Waals surface area contributed by atoms with Crippen molar-refractivity contribution >= 4 is 5.96 Å². The van der Waals surface area contributed by atoms with Crippen LogP contribution in [0.5, 0.6) is 0 Å². The van der Waals surface area contributed by atoms with Gasteiger partial charge in [-0.2, -0.15) is 0 Å². The Morgan fingerprint density at radius 2 is 2.42 bits per heavy atom. The summed E-state index contributed by atoms with van der Waals surface area (Å²) >= 11 is 0. The molecule has 0 aliphatic heterocycles. The van der Waals surface area contributed by atoms with E-state index in [0.717, 1.165) is 37.5 Å². The summed E-state index contributed by atoms with van der Waals surface area (Å²) in [7, 11) is 3.75. The smallest absolute Gasteiger partial charge is 0.193 e. The zero-order chi connectivity index (χ0) is 13.7. The van der Waals surface area contributed by atoms with Crippen LogP contribution < -0.4 is 5.32 Å². The molecule has 1 aromatic heterocycles. The third-order valence-electron chi connectivity index (χ3n) is 3.69. The molecule has 1 heterocycles. The fourth-order valence-electron chi connectivity index (χ4n) is 2.57. The van der Waals surface area contributed by atoms with E-state index in [9.17, 15) is 5.11 Å². The molecule has 0 radical (unpaired) electrons. The average Bonchev–Trinajstić information content (AvgIpc) is 3.02. The zero-order valence-electron chi connectivity index (χ0n) is 11.7. The third-order valence-corrected chi connectivity index (χ3v) is 3.69. The van der Waals surface area contributed by atoms with Crippen LogP contribution in [0.2, 0.25) is 0 Å². The summed E-state index contributed by atoms with van der Waals surface area (Å²) in [5, 5.41) is 13.1. The Kier molecular flexibility index (Phi) is 4.85. The number of hydrogen-bond donors (Lipinski definition) is 2. The fourth-order valence-corrected chi connectivity index (χ4v) is 2.57. The van der Waals surface area contributed by atoms with Crippen molar-refractivity contribution < 1.29 is 9.52 Å². The molecule has 2 unspecified atom stereocenters. The number of furan rings is 1. The van der Waals surface area contributed by atoms with Gasteiger partial charge in [-0.05, 0) is 25.0 Å². The highest BCUT2D eigenvalue weighted by molar-refractivity contribution is 5.79. The lowest BCUT2D eigenvalue weighted by atomic mass is 10.1. The van der Waals surface area contributed by atoms with Crippen molar-refractivity contribution in [3.05, 3.63) is 24.2 Å². The molecule has 5 nitrogen and oxygen atoms in total. The minimum atomic E-state index is -0.166. The number of hydrogen-bond acceptors (Lipinski definition) is 3. The van der Waals surface area contributed by atoms with Gasteiger partial charge in [-0.25, -0.2) is 0 Å². The predicted molar refractivity (Wildman–Crippen MR) is 74.9 cm³/mol. The van der Waals surface area contributed by atoms with Gasteiger partial charge in [-0.15, -0.1) is 0 Å². The fraction of sp³-hybridized carbons (Fsp3) is 0.643. The maximum atomic E-state index is 9.81. The molecule has 1 aliphatic carbocycles. The number of nitrogens with zero attached hydrogens (tertiary/aromatic N) is 2. The summed E-state index contributed by atoms with van der Waals surface area (Å²) in [6, 6.07) is 3.83.